The first-order valence-electron chi connectivity index (χ1n) is 11.9. The number of methoxy groups -OCH3 is 2. The van der Waals surface area contributed by atoms with Gasteiger partial charge in [-0.15, -0.1) is 21.5 Å². The highest BCUT2D eigenvalue weighted by Crippen LogP contribution is 2.34. The number of nitrogens with zero attached hydrogens (tertiary/aromatic N) is 4. The molecule has 8 nitrogen and oxygen atoms in total. The number of thiazole rings is 1. The van der Waals surface area contributed by atoms with E-state index in [1.54, 1.807) is 20.4 Å². The zero-order chi connectivity index (χ0) is 27.2. The Bertz CT molecular complexity index is 1570. The maximum absolute atomic E-state index is 12.8. The predicted molar refractivity (Wildman–Crippen MR) is 156 cm³/mol. The number of aromatic nitrogens is 4. The highest BCUT2D eigenvalue weighted by Gasteiger charge is 2.19. The topological polar surface area (TPSA) is 91.2 Å². The summed E-state index contributed by atoms with van der Waals surface area (Å²) < 4.78 is 12.8. The summed E-state index contributed by atoms with van der Waals surface area (Å²) in [6.07, 6.45) is 2.50. The van der Waals surface area contributed by atoms with E-state index in [1.165, 1.54) is 23.1 Å². The molecule has 2 aromatic heterocycles. The van der Waals surface area contributed by atoms with E-state index >= 15 is 0 Å². The third-order valence-corrected chi connectivity index (χ3v) is 7.81. The number of rotatable bonds is 10. The second-order valence-electron chi connectivity index (χ2n) is 8.32. The van der Waals surface area contributed by atoms with Gasteiger partial charge in [0.15, 0.2) is 27.6 Å². The first kappa shape index (κ1) is 26.7. The number of carbonyl (C=O) groups excluding carboxylic acids is 1. The third-order valence-electron chi connectivity index (χ3n) is 5.71. The van der Waals surface area contributed by atoms with Crippen LogP contribution in [0.4, 0.5) is 5.13 Å². The summed E-state index contributed by atoms with van der Waals surface area (Å²) in [5.74, 6) is 1.80. The number of carbonyl (C=O) groups is 1. The molecular formula is C28H24ClN5O3S2. The molecule has 0 saturated carbocycles. The molecule has 5 rings (SSSR count). The van der Waals surface area contributed by atoms with Crippen LogP contribution in [0.1, 0.15) is 10.4 Å². The standard InChI is InChI=1S/C28H24ClN5O3S2/c1-36-23-13-10-19(15-24(23)37-2)26-32-33-28(34(26)21-6-4-3-5-7-21)38-17-25(35)31-27-30-16-22(39-27)14-18-8-11-20(29)12-9-18/h3-13,15-16H,14,17H2,1-2H3,(H,30,31,35). The zero-order valence-corrected chi connectivity index (χ0v) is 23.5. The lowest BCUT2D eigenvalue weighted by Crippen LogP contribution is -2.14. The van der Waals surface area contributed by atoms with Crippen molar-refractivity contribution in [3.8, 4) is 28.6 Å². The van der Waals surface area contributed by atoms with Crippen LogP contribution < -0.4 is 14.8 Å². The smallest absolute Gasteiger partial charge is 0.236 e. The van der Waals surface area contributed by atoms with Crippen molar-refractivity contribution in [1.82, 2.24) is 19.7 Å². The second kappa shape index (κ2) is 12.3. The van der Waals surface area contributed by atoms with E-state index in [0.29, 0.717) is 32.6 Å². The molecule has 0 bridgehead atoms. The second-order valence-corrected chi connectivity index (χ2v) is 10.8. The molecule has 0 aliphatic carbocycles. The highest BCUT2D eigenvalue weighted by molar-refractivity contribution is 7.99. The van der Waals surface area contributed by atoms with Gasteiger partial charge in [0.1, 0.15) is 0 Å². The maximum Gasteiger partial charge on any atom is 0.236 e. The van der Waals surface area contributed by atoms with Gasteiger partial charge < -0.3 is 14.8 Å². The molecule has 0 atom stereocenters. The molecule has 1 N–H and O–H groups in total. The average Bonchev–Trinajstić information content (AvgIpc) is 3.60. The van der Waals surface area contributed by atoms with Gasteiger partial charge >= 0.3 is 0 Å². The Kier molecular flexibility index (Phi) is 8.45. The molecule has 0 unspecified atom stereocenters. The number of amides is 1. The quantitative estimate of drug-likeness (QED) is 0.192. The highest BCUT2D eigenvalue weighted by atomic mass is 35.5. The van der Waals surface area contributed by atoms with Crippen molar-refractivity contribution in [1.29, 1.82) is 0 Å². The van der Waals surface area contributed by atoms with Crippen LogP contribution in [0.5, 0.6) is 11.5 Å². The maximum atomic E-state index is 12.8. The zero-order valence-electron chi connectivity index (χ0n) is 21.1. The molecule has 0 saturated heterocycles. The Morgan fingerprint density at radius 3 is 2.51 bits per heavy atom. The van der Waals surface area contributed by atoms with E-state index in [4.69, 9.17) is 21.1 Å². The fourth-order valence-electron chi connectivity index (χ4n) is 3.87. The van der Waals surface area contributed by atoms with Crippen LogP contribution >= 0.6 is 34.7 Å². The van der Waals surface area contributed by atoms with Crippen molar-refractivity contribution in [3.63, 3.8) is 0 Å². The molecular weight excluding hydrogens is 554 g/mol. The molecule has 39 heavy (non-hydrogen) atoms. The number of anilines is 1. The molecule has 0 spiro atoms. The molecule has 198 valence electrons. The first-order valence-corrected chi connectivity index (χ1v) is 14.1. The van der Waals surface area contributed by atoms with E-state index in [-0.39, 0.29) is 11.7 Å². The molecule has 3 aromatic carbocycles. The van der Waals surface area contributed by atoms with Crippen molar-refractivity contribution in [2.24, 2.45) is 0 Å². The summed E-state index contributed by atoms with van der Waals surface area (Å²) in [6, 6.07) is 23.0. The Morgan fingerprint density at radius 2 is 1.77 bits per heavy atom. The van der Waals surface area contributed by atoms with E-state index < -0.39 is 0 Å². The Balaban J connectivity index is 1.31. The number of hydrogen-bond donors (Lipinski definition) is 1. The van der Waals surface area contributed by atoms with Crippen molar-refractivity contribution >= 4 is 45.7 Å². The lowest BCUT2D eigenvalue weighted by Gasteiger charge is -2.12. The lowest BCUT2D eigenvalue weighted by atomic mass is 10.1. The SMILES string of the molecule is COc1ccc(-c2nnc(SCC(=O)Nc3ncc(Cc4ccc(Cl)cc4)s3)n2-c2ccccc2)cc1OC. The normalized spacial score (nSPS) is 10.8. The summed E-state index contributed by atoms with van der Waals surface area (Å²) in [7, 11) is 3.18. The minimum atomic E-state index is -0.178. The van der Waals surface area contributed by atoms with Crippen LogP contribution in [0.25, 0.3) is 17.1 Å². The number of nitrogens with one attached hydrogen (secondary N) is 1. The summed E-state index contributed by atoms with van der Waals surface area (Å²) in [5, 5.41) is 13.6. The summed E-state index contributed by atoms with van der Waals surface area (Å²) in [5.41, 5.74) is 2.81. The summed E-state index contributed by atoms with van der Waals surface area (Å²) in [4.78, 5) is 18.2. The summed E-state index contributed by atoms with van der Waals surface area (Å²) >= 11 is 8.72. The van der Waals surface area contributed by atoms with Gasteiger partial charge in [0, 0.05) is 33.8 Å². The monoisotopic (exact) mass is 577 g/mol. The number of ether oxygens (including phenoxy) is 2. The number of thioether (sulfide) groups is 1. The number of benzene rings is 3. The van der Waals surface area contributed by atoms with Gasteiger partial charge in [0.2, 0.25) is 5.91 Å². The van der Waals surface area contributed by atoms with Crippen LogP contribution in [-0.2, 0) is 11.2 Å². The van der Waals surface area contributed by atoms with Crippen LogP contribution in [0.15, 0.2) is 84.1 Å². The van der Waals surface area contributed by atoms with Gasteiger partial charge in [0.25, 0.3) is 0 Å². The lowest BCUT2D eigenvalue weighted by molar-refractivity contribution is -0.113. The number of para-hydroxylation sites is 1. The Hall–Kier alpha value is -3.86. The first-order chi connectivity index (χ1) is 19.0. The van der Waals surface area contributed by atoms with Crippen molar-refractivity contribution in [2.45, 2.75) is 11.6 Å². The fourth-order valence-corrected chi connectivity index (χ4v) is 5.61. The van der Waals surface area contributed by atoms with Crippen LogP contribution in [0.2, 0.25) is 5.02 Å². The van der Waals surface area contributed by atoms with Crippen molar-refractivity contribution in [2.75, 3.05) is 25.3 Å². The number of halogens is 1. The van der Waals surface area contributed by atoms with Crippen LogP contribution in [0, 0.1) is 0 Å². The molecule has 0 aliphatic heterocycles. The van der Waals surface area contributed by atoms with Crippen molar-refractivity contribution < 1.29 is 14.3 Å². The van der Waals surface area contributed by atoms with Crippen LogP contribution in [0.3, 0.4) is 0 Å². The fraction of sp³-hybridized carbons (Fsp3) is 0.143. The third kappa shape index (κ3) is 6.42. The van der Waals surface area contributed by atoms with E-state index in [1.807, 2.05) is 77.4 Å². The van der Waals surface area contributed by atoms with Gasteiger partial charge in [-0.25, -0.2) is 4.98 Å². The van der Waals surface area contributed by atoms with Gasteiger partial charge in [-0.1, -0.05) is 53.7 Å². The Labute approximate surface area is 239 Å². The average molecular weight is 578 g/mol. The predicted octanol–water partition coefficient (Wildman–Crippen LogP) is 6.38. The van der Waals surface area contributed by atoms with Gasteiger partial charge in [-0.05, 0) is 48.0 Å². The minimum Gasteiger partial charge on any atom is -0.493 e. The van der Waals surface area contributed by atoms with Gasteiger partial charge in [-0.3, -0.25) is 9.36 Å². The van der Waals surface area contributed by atoms with E-state index in [9.17, 15) is 4.79 Å². The molecule has 0 fully saturated rings. The van der Waals surface area contributed by atoms with Crippen molar-refractivity contribution in [3.05, 3.63) is 94.5 Å². The van der Waals surface area contributed by atoms with E-state index in [0.717, 1.165) is 28.1 Å². The van der Waals surface area contributed by atoms with Crippen LogP contribution in [-0.4, -0.2) is 45.6 Å². The summed E-state index contributed by atoms with van der Waals surface area (Å²) in [6.45, 7) is 0. The molecule has 5 aromatic rings. The van der Waals surface area contributed by atoms with Gasteiger partial charge in [0.05, 0.1) is 20.0 Å². The Morgan fingerprint density at radius 1 is 1.00 bits per heavy atom. The molecule has 1 amide bonds. The molecule has 0 radical (unpaired) electrons. The van der Waals surface area contributed by atoms with E-state index in [2.05, 4.69) is 20.5 Å². The number of hydrogen-bond acceptors (Lipinski definition) is 8. The van der Waals surface area contributed by atoms with Gasteiger partial charge in [-0.2, -0.15) is 0 Å². The molecule has 2 heterocycles. The molecule has 11 heteroatoms. The molecule has 0 aliphatic rings. The minimum absolute atomic E-state index is 0.142. The largest absolute Gasteiger partial charge is 0.493 e.